The summed E-state index contributed by atoms with van der Waals surface area (Å²) in [7, 11) is 0. The molecular formula is C17H16N4S. The van der Waals surface area contributed by atoms with Crippen molar-refractivity contribution in [1.29, 1.82) is 0 Å². The first-order valence-corrected chi connectivity index (χ1v) is 8.01. The van der Waals surface area contributed by atoms with Crippen LogP contribution in [0.2, 0.25) is 0 Å². The average molecular weight is 308 g/mol. The van der Waals surface area contributed by atoms with Crippen LogP contribution in [0.5, 0.6) is 0 Å². The lowest BCUT2D eigenvalue weighted by molar-refractivity contribution is 0.756. The number of aryl methyl sites for hydroxylation is 1. The highest BCUT2D eigenvalue weighted by Gasteiger charge is 2.07. The molecule has 0 aliphatic rings. The van der Waals surface area contributed by atoms with Crippen LogP contribution in [0.25, 0.3) is 11.8 Å². The van der Waals surface area contributed by atoms with E-state index in [2.05, 4.69) is 58.9 Å². The normalized spacial score (nSPS) is 11.1. The predicted molar refractivity (Wildman–Crippen MR) is 90.1 cm³/mol. The molecule has 0 amide bonds. The van der Waals surface area contributed by atoms with Crippen LogP contribution < -0.4 is 0 Å². The van der Waals surface area contributed by atoms with Gasteiger partial charge < -0.3 is 0 Å². The molecule has 2 aromatic carbocycles. The number of hydrogen-bond donors (Lipinski definition) is 0. The summed E-state index contributed by atoms with van der Waals surface area (Å²) >= 11 is 1.61. The van der Waals surface area contributed by atoms with Crippen molar-refractivity contribution in [1.82, 2.24) is 20.2 Å². The Morgan fingerprint density at radius 3 is 2.59 bits per heavy atom. The monoisotopic (exact) mass is 308 g/mol. The molecule has 1 aromatic heterocycles. The van der Waals surface area contributed by atoms with Crippen LogP contribution in [0.3, 0.4) is 0 Å². The summed E-state index contributed by atoms with van der Waals surface area (Å²) < 4.78 is 1.76. The molecular weight excluding hydrogens is 292 g/mol. The van der Waals surface area contributed by atoms with Gasteiger partial charge in [0.2, 0.25) is 5.16 Å². The van der Waals surface area contributed by atoms with E-state index in [1.54, 1.807) is 16.4 Å². The minimum Gasteiger partial charge on any atom is -0.188 e. The first-order valence-electron chi connectivity index (χ1n) is 7.03. The van der Waals surface area contributed by atoms with E-state index in [-0.39, 0.29) is 0 Å². The van der Waals surface area contributed by atoms with Crippen molar-refractivity contribution >= 4 is 17.8 Å². The molecule has 22 heavy (non-hydrogen) atoms. The van der Waals surface area contributed by atoms with Crippen molar-refractivity contribution < 1.29 is 0 Å². The number of thioether (sulfide) groups is 1. The van der Waals surface area contributed by atoms with E-state index < -0.39 is 0 Å². The van der Waals surface area contributed by atoms with E-state index in [9.17, 15) is 0 Å². The van der Waals surface area contributed by atoms with Gasteiger partial charge in [-0.25, -0.2) is 0 Å². The fourth-order valence-corrected chi connectivity index (χ4v) is 2.69. The summed E-state index contributed by atoms with van der Waals surface area (Å²) in [6.07, 6.45) is 4.22. The molecule has 0 atom stereocenters. The molecule has 0 unspecified atom stereocenters. The van der Waals surface area contributed by atoms with Gasteiger partial charge in [0, 0.05) is 5.75 Å². The zero-order valence-electron chi connectivity index (χ0n) is 12.3. The summed E-state index contributed by atoms with van der Waals surface area (Å²) in [6, 6.07) is 18.4. The number of nitrogens with zero attached hydrogens (tertiary/aromatic N) is 4. The topological polar surface area (TPSA) is 43.6 Å². The highest BCUT2D eigenvalue weighted by atomic mass is 32.2. The predicted octanol–water partition coefficient (Wildman–Crippen LogP) is 3.78. The summed E-state index contributed by atoms with van der Waals surface area (Å²) in [5, 5.41) is 12.7. The third-order valence-corrected chi connectivity index (χ3v) is 4.01. The zero-order chi connectivity index (χ0) is 15.2. The molecule has 0 saturated heterocycles. The zero-order valence-corrected chi connectivity index (χ0v) is 13.1. The minimum absolute atomic E-state index is 0.793. The molecule has 0 N–H and O–H groups in total. The molecule has 3 rings (SSSR count). The van der Waals surface area contributed by atoms with Crippen molar-refractivity contribution in [3.8, 4) is 5.69 Å². The van der Waals surface area contributed by atoms with Gasteiger partial charge in [-0.3, -0.25) is 0 Å². The standard InChI is InChI=1S/C17H16N4S/c1-14-9-11-16(12-10-14)21-17(18-19-20-21)22-13-5-8-15-6-3-2-4-7-15/h2-12H,13H2,1H3. The Morgan fingerprint density at radius 1 is 1.05 bits per heavy atom. The molecule has 3 aromatic rings. The van der Waals surface area contributed by atoms with Gasteiger partial charge in [0.25, 0.3) is 0 Å². The first kappa shape index (κ1) is 14.5. The Balaban J connectivity index is 1.66. The Hall–Kier alpha value is -2.40. The molecule has 0 saturated carbocycles. The second-order valence-electron chi connectivity index (χ2n) is 4.83. The maximum absolute atomic E-state index is 4.09. The Morgan fingerprint density at radius 2 is 1.82 bits per heavy atom. The number of rotatable bonds is 5. The summed E-state index contributed by atoms with van der Waals surface area (Å²) in [6.45, 7) is 2.06. The lowest BCUT2D eigenvalue weighted by Gasteiger charge is -2.03. The third-order valence-electron chi connectivity index (χ3n) is 3.14. The number of tetrazole rings is 1. The van der Waals surface area contributed by atoms with E-state index >= 15 is 0 Å². The second kappa shape index (κ2) is 7.04. The van der Waals surface area contributed by atoms with Gasteiger partial charge in [-0.15, -0.1) is 5.10 Å². The van der Waals surface area contributed by atoms with Gasteiger partial charge in [0.15, 0.2) is 0 Å². The largest absolute Gasteiger partial charge is 0.214 e. The van der Waals surface area contributed by atoms with E-state index in [4.69, 9.17) is 0 Å². The van der Waals surface area contributed by atoms with E-state index in [1.165, 1.54) is 11.1 Å². The molecule has 5 heteroatoms. The third kappa shape index (κ3) is 3.62. The van der Waals surface area contributed by atoms with Crippen molar-refractivity contribution in [3.63, 3.8) is 0 Å². The van der Waals surface area contributed by atoms with Crippen LogP contribution in [0.1, 0.15) is 11.1 Å². The van der Waals surface area contributed by atoms with Gasteiger partial charge in [0.1, 0.15) is 0 Å². The summed E-state index contributed by atoms with van der Waals surface area (Å²) in [5.74, 6) is 0.821. The maximum atomic E-state index is 4.09. The van der Waals surface area contributed by atoms with Crippen molar-refractivity contribution in [3.05, 3.63) is 71.8 Å². The average Bonchev–Trinajstić information content (AvgIpc) is 3.02. The van der Waals surface area contributed by atoms with Crippen LogP contribution in [-0.4, -0.2) is 26.0 Å². The van der Waals surface area contributed by atoms with E-state index in [1.807, 2.05) is 30.3 Å². The van der Waals surface area contributed by atoms with Gasteiger partial charge in [-0.1, -0.05) is 71.9 Å². The lowest BCUT2D eigenvalue weighted by Crippen LogP contribution is -1.98. The molecule has 0 aliphatic heterocycles. The number of benzene rings is 2. The van der Waals surface area contributed by atoms with Crippen LogP contribution in [0.4, 0.5) is 0 Å². The first-order chi connectivity index (χ1) is 10.8. The Labute approximate surface area is 133 Å². The van der Waals surface area contributed by atoms with Crippen LogP contribution in [-0.2, 0) is 0 Å². The molecule has 4 nitrogen and oxygen atoms in total. The van der Waals surface area contributed by atoms with Crippen LogP contribution in [0, 0.1) is 6.92 Å². The van der Waals surface area contributed by atoms with Crippen molar-refractivity contribution in [2.75, 3.05) is 5.75 Å². The minimum atomic E-state index is 0.793. The molecule has 1 heterocycles. The highest BCUT2D eigenvalue weighted by Crippen LogP contribution is 2.18. The Kier molecular flexibility index (Phi) is 4.65. The second-order valence-corrected chi connectivity index (χ2v) is 5.82. The van der Waals surface area contributed by atoms with Gasteiger partial charge in [-0.05, 0) is 35.0 Å². The molecule has 0 fully saturated rings. The number of aromatic nitrogens is 4. The van der Waals surface area contributed by atoms with Crippen molar-refractivity contribution in [2.24, 2.45) is 0 Å². The molecule has 110 valence electrons. The highest BCUT2D eigenvalue weighted by molar-refractivity contribution is 7.99. The molecule has 0 spiro atoms. The fourth-order valence-electron chi connectivity index (χ4n) is 1.99. The van der Waals surface area contributed by atoms with E-state index in [0.29, 0.717) is 0 Å². The van der Waals surface area contributed by atoms with Gasteiger partial charge in [-0.2, -0.15) is 4.68 Å². The molecule has 0 aliphatic carbocycles. The molecule has 0 bridgehead atoms. The Bertz CT molecular complexity index is 748. The maximum Gasteiger partial charge on any atom is 0.214 e. The summed E-state index contributed by atoms with van der Waals surface area (Å²) in [4.78, 5) is 0. The van der Waals surface area contributed by atoms with Gasteiger partial charge in [0.05, 0.1) is 5.69 Å². The van der Waals surface area contributed by atoms with Crippen molar-refractivity contribution in [2.45, 2.75) is 12.1 Å². The molecule has 0 radical (unpaired) electrons. The number of hydrogen-bond acceptors (Lipinski definition) is 4. The SMILES string of the molecule is Cc1ccc(-n2nnnc2SCC=Cc2ccccc2)cc1. The van der Waals surface area contributed by atoms with E-state index in [0.717, 1.165) is 16.6 Å². The lowest BCUT2D eigenvalue weighted by atomic mass is 10.2. The summed E-state index contributed by atoms with van der Waals surface area (Å²) in [5.41, 5.74) is 3.39. The smallest absolute Gasteiger partial charge is 0.188 e. The van der Waals surface area contributed by atoms with Crippen LogP contribution in [0.15, 0.2) is 65.8 Å². The van der Waals surface area contributed by atoms with Gasteiger partial charge >= 0.3 is 0 Å². The fraction of sp³-hybridized carbons (Fsp3) is 0.118. The van der Waals surface area contributed by atoms with Crippen LogP contribution >= 0.6 is 11.8 Å². The quantitative estimate of drug-likeness (QED) is 0.673.